The lowest BCUT2D eigenvalue weighted by atomic mass is 10.1. The number of hydrogen-bond donors (Lipinski definition) is 1. The Morgan fingerprint density at radius 2 is 1.75 bits per heavy atom. The van der Waals surface area contributed by atoms with Crippen LogP contribution in [0.15, 0.2) is 40.9 Å². The molecular formula is C17H19BrFN. The van der Waals surface area contributed by atoms with Crippen molar-refractivity contribution in [3.8, 4) is 0 Å². The van der Waals surface area contributed by atoms with Gasteiger partial charge in [0.25, 0.3) is 0 Å². The summed E-state index contributed by atoms with van der Waals surface area (Å²) in [5.74, 6) is -0.135. The fraction of sp³-hybridized carbons (Fsp3) is 0.294. The first-order chi connectivity index (χ1) is 9.47. The van der Waals surface area contributed by atoms with Gasteiger partial charge in [0.2, 0.25) is 0 Å². The Morgan fingerprint density at radius 1 is 1.15 bits per heavy atom. The summed E-state index contributed by atoms with van der Waals surface area (Å²) in [5.41, 5.74) is 4.22. The summed E-state index contributed by atoms with van der Waals surface area (Å²) in [5, 5.41) is 3.44. The third-order valence-corrected chi connectivity index (χ3v) is 4.58. The van der Waals surface area contributed by atoms with Crippen molar-refractivity contribution in [2.24, 2.45) is 0 Å². The van der Waals surface area contributed by atoms with Gasteiger partial charge in [-0.3, -0.25) is 0 Å². The Labute approximate surface area is 128 Å². The number of nitrogens with one attached hydrogen (secondary N) is 1. The van der Waals surface area contributed by atoms with Gasteiger partial charge >= 0.3 is 0 Å². The molecule has 1 atom stereocenters. The molecule has 0 aromatic heterocycles. The highest BCUT2D eigenvalue weighted by Crippen LogP contribution is 2.25. The monoisotopic (exact) mass is 335 g/mol. The standard InChI is InChI=1S/C17H19BrFN/c1-11-8-15(9-12(2)17(11)18)20-13(3)10-14-6-4-5-7-16(14)19/h4-9,13,20H,10H2,1-3H3. The molecule has 2 rings (SSSR count). The van der Waals surface area contributed by atoms with Crippen molar-refractivity contribution >= 4 is 21.6 Å². The molecule has 0 aliphatic rings. The van der Waals surface area contributed by atoms with E-state index in [1.807, 2.05) is 12.1 Å². The maximum Gasteiger partial charge on any atom is 0.126 e. The normalized spacial score (nSPS) is 12.2. The Morgan fingerprint density at radius 3 is 2.35 bits per heavy atom. The fourth-order valence-corrected chi connectivity index (χ4v) is 2.59. The van der Waals surface area contributed by atoms with Crippen LogP contribution in [0.3, 0.4) is 0 Å². The largest absolute Gasteiger partial charge is 0.382 e. The minimum absolute atomic E-state index is 0.135. The summed E-state index contributed by atoms with van der Waals surface area (Å²) in [6.45, 7) is 6.22. The number of aryl methyl sites for hydroxylation is 2. The van der Waals surface area contributed by atoms with Crippen LogP contribution in [0.25, 0.3) is 0 Å². The van der Waals surface area contributed by atoms with Crippen LogP contribution in [0.1, 0.15) is 23.6 Å². The molecule has 0 aliphatic heterocycles. The van der Waals surface area contributed by atoms with E-state index in [9.17, 15) is 4.39 Å². The molecule has 2 aromatic rings. The highest BCUT2D eigenvalue weighted by atomic mass is 79.9. The van der Waals surface area contributed by atoms with Crippen LogP contribution in [-0.2, 0) is 6.42 Å². The van der Waals surface area contributed by atoms with E-state index in [0.29, 0.717) is 6.42 Å². The highest BCUT2D eigenvalue weighted by molar-refractivity contribution is 9.10. The fourth-order valence-electron chi connectivity index (χ4n) is 2.36. The molecule has 0 spiro atoms. The van der Waals surface area contributed by atoms with Gasteiger partial charge in [-0.25, -0.2) is 4.39 Å². The number of benzene rings is 2. The number of hydrogen-bond acceptors (Lipinski definition) is 1. The molecule has 0 saturated heterocycles. The lowest BCUT2D eigenvalue weighted by Gasteiger charge is -2.17. The molecule has 0 heterocycles. The number of halogens is 2. The third kappa shape index (κ3) is 3.60. The van der Waals surface area contributed by atoms with Gasteiger partial charge < -0.3 is 5.32 Å². The van der Waals surface area contributed by atoms with Gasteiger partial charge in [0, 0.05) is 16.2 Å². The van der Waals surface area contributed by atoms with Crippen molar-refractivity contribution in [1.29, 1.82) is 0 Å². The summed E-state index contributed by atoms with van der Waals surface area (Å²) in [4.78, 5) is 0. The van der Waals surface area contributed by atoms with Crippen molar-refractivity contribution in [3.05, 3.63) is 63.4 Å². The average molecular weight is 336 g/mol. The summed E-state index contributed by atoms with van der Waals surface area (Å²) in [6, 6.07) is 11.3. The van der Waals surface area contributed by atoms with Crippen LogP contribution in [0.2, 0.25) is 0 Å². The SMILES string of the molecule is Cc1cc(NC(C)Cc2ccccc2F)cc(C)c1Br. The zero-order chi connectivity index (χ0) is 14.7. The third-order valence-electron chi connectivity index (χ3n) is 3.33. The van der Waals surface area contributed by atoms with Crippen molar-refractivity contribution in [1.82, 2.24) is 0 Å². The van der Waals surface area contributed by atoms with Gasteiger partial charge in [0.05, 0.1) is 0 Å². The summed E-state index contributed by atoms with van der Waals surface area (Å²) < 4.78 is 14.8. The van der Waals surface area contributed by atoms with E-state index in [2.05, 4.69) is 54.2 Å². The average Bonchev–Trinajstić information content (AvgIpc) is 2.38. The molecular weight excluding hydrogens is 317 g/mol. The van der Waals surface area contributed by atoms with Crippen LogP contribution in [-0.4, -0.2) is 6.04 Å². The van der Waals surface area contributed by atoms with Crippen LogP contribution >= 0.6 is 15.9 Å². The van der Waals surface area contributed by atoms with E-state index in [0.717, 1.165) is 15.7 Å². The molecule has 0 bridgehead atoms. The van der Waals surface area contributed by atoms with Gasteiger partial charge in [-0.15, -0.1) is 0 Å². The van der Waals surface area contributed by atoms with E-state index in [1.54, 1.807) is 6.07 Å². The second-order valence-corrected chi connectivity index (χ2v) is 6.06. The zero-order valence-electron chi connectivity index (χ0n) is 12.0. The van der Waals surface area contributed by atoms with Gasteiger partial charge in [-0.05, 0) is 62.1 Å². The smallest absolute Gasteiger partial charge is 0.126 e. The quantitative estimate of drug-likeness (QED) is 0.804. The molecule has 0 aliphatic carbocycles. The highest BCUT2D eigenvalue weighted by Gasteiger charge is 2.09. The molecule has 0 amide bonds. The zero-order valence-corrected chi connectivity index (χ0v) is 13.6. The predicted molar refractivity (Wildman–Crippen MR) is 86.8 cm³/mol. The second-order valence-electron chi connectivity index (χ2n) is 5.26. The number of rotatable bonds is 4. The minimum atomic E-state index is -0.135. The van der Waals surface area contributed by atoms with E-state index in [-0.39, 0.29) is 11.9 Å². The topological polar surface area (TPSA) is 12.0 Å². The number of anilines is 1. The molecule has 0 saturated carbocycles. The molecule has 20 heavy (non-hydrogen) atoms. The Balaban J connectivity index is 2.09. The molecule has 1 N–H and O–H groups in total. The summed E-state index contributed by atoms with van der Waals surface area (Å²) in [6.07, 6.45) is 0.667. The van der Waals surface area contributed by atoms with E-state index in [4.69, 9.17) is 0 Å². The lowest BCUT2D eigenvalue weighted by molar-refractivity contribution is 0.601. The van der Waals surface area contributed by atoms with Gasteiger partial charge in [-0.2, -0.15) is 0 Å². The molecule has 1 nitrogen and oxygen atoms in total. The van der Waals surface area contributed by atoms with Crippen LogP contribution < -0.4 is 5.32 Å². The van der Waals surface area contributed by atoms with Crippen LogP contribution in [0.5, 0.6) is 0 Å². The van der Waals surface area contributed by atoms with Gasteiger partial charge in [-0.1, -0.05) is 34.1 Å². The lowest BCUT2D eigenvalue weighted by Crippen LogP contribution is -2.19. The predicted octanol–water partition coefficient (Wildman–Crippen LogP) is 5.25. The van der Waals surface area contributed by atoms with Crippen molar-refractivity contribution in [2.45, 2.75) is 33.2 Å². The maximum absolute atomic E-state index is 13.6. The van der Waals surface area contributed by atoms with Crippen molar-refractivity contribution in [2.75, 3.05) is 5.32 Å². The van der Waals surface area contributed by atoms with Crippen LogP contribution in [0, 0.1) is 19.7 Å². The van der Waals surface area contributed by atoms with E-state index >= 15 is 0 Å². The molecule has 2 aromatic carbocycles. The second kappa shape index (κ2) is 6.40. The van der Waals surface area contributed by atoms with E-state index in [1.165, 1.54) is 17.2 Å². The molecule has 1 unspecified atom stereocenters. The van der Waals surface area contributed by atoms with E-state index < -0.39 is 0 Å². The Bertz CT molecular complexity index is 587. The van der Waals surface area contributed by atoms with Gasteiger partial charge in [0.15, 0.2) is 0 Å². The first-order valence-electron chi connectivity index (χ1n) is 6.74. The molecule has 0 radical (unpaired) electrons. The molecule has 0 fully saturated rings. The molecule has 3 heteroatoms. The van der Waals surface area contributed by atoms with Crippen molar-refractivity contribution < 1.29 is 4.39 Å². The molecule has 106 valence electrons. The Hall–Kier alpha value is -1.35. The van der Waals surface area contributed by atoms with Crippen LogP contribution in [0.4, 0.5) is 10.1 Å². The summed E-state index contributed by atoms with van der Waals surface area (Å²) >= 11 is 3.57. The Kier molecular flexibility index (Phi) is 4.81. The summed E-state index contributed by atoms with van der Waals surface area (Å²) in [7, 11) is 0. The van der Waals surface area contributed by atoms with Gasteiger partial charge in [0.1, 0.15) is 5.82 Å². The minimum Gasteiger partial charge on any atom is -0.382 e. The maximum atomic E-state index is 13.6. The van der Waals surface area contributed by atoms with Crippen molar-refractivity contribution in [3.63, 3.8) is 0 Å². The first-order valence-corrected chi connectivity index (χ1v) is 7.53. The first kappa shape index (κ1) is 15.0.